The number of hydrogen-bond donors (Lipinski definition) is 1. The van der Waals surface area contributed by atoms with Crippen LogP contribution in [0.1, 0.15) is 33.6 Å². The van der Waals surface area contributed by atoms with E-state index in [2.05, 4.69) is 13.8 Å². The number of aliphatic hydroxyl groups excluding tert-OH is 1. The number of aliphatic carboxylic acids is 1. The highest BCUT2D eigenvalue weighted by Crippen LogP contribution is 2.67. The van der Waals surface area contributed by atoms with Crippen molar-refractivity contribution in [2.75, 3.05) is 0 Å². The van der Waals surface area contributed by atoms with Crippen LogP contribution in [0.5, 0.6) is 0 Å². The van der Waals surface area contributed by atoms with Crippen molar-refractivity contribution in [3.8, 4) is 0 Å². The quantitative estimate of drug-likeness (QED) is 0.652. The second-order valence-electron chi connectivity index (χ2n) is 5.57. The van der Waals surface area contributed by atoms with Gasteiger partial charge in [0.25, 0.3) is 0 Å². The highest BCUT2D eigenvalue weighted by atomic mass is 16.4. The molecule has 2 fully saturated rings. The second kappa shape index (κ2) is 2.51. The lowest BCUT2D eigenvalue weighted by Gasteiger charge is -2.37. The van der Waals surface area contributed by atoms with Gasteiger partial charge in [-0.25, -0.2) is 0 Å². The number of rotatable bonds is 1. The monoisotopic (exact) mass is 197 g/mol. The van der Waals surface area contributed by atoms with Crippen LogP contribution in [0, 0.1) is 22.7 Å². The van der Waals surface area contributed by atoms with Gasteiger partial charge in [-0.2, -0.15) is 0 Å². The van der Waals surface area contributed by atoms with Crippen molar-refractivity contribution in [3.05, 3.63) is 0 Å². The molecule has 2 saturated carbocycles. The number of fused-ring (bicyclic) bond motifs is 2. The molecule has 2 aliphatic carbocycles. The molecule has 2 bridgehead atoms. The molecule has 1 N–H and O–H groups in total. The Morgan fingerprint density at radius 3 is 2.29 bits per heavy atom. The van der Waals surface area contributed by atoms with Crippen LogP contribution in [-0.4, -0.2) is 17.2 Å². The summed E-state index contributed by atoms with van der Waals surface area (Å²) in [6.45, 7) is 6.13. The fraction of sp³-hybridized carbons (Fsp3) is 0.909. The van der Waals surface area contributed by atoms with Gasteiger partial charge in [-0.3, -0.25) is 0 Å². The molecule has 0 amide bonds. The zero-order chi connectivity index (χ0) is 10.7. The maximum Gasteiger partial charge on any atom is 0.0682 e. The number of carboxylic acids is 1. The number of aliphatic hydroxyl groups is 1. The van der Waals surface area contributed by atoms with Gasteiger partial charge in [0.1, 0.15) is 0 Å². The molecule has 80 valence electrons. The summed E-state index contributed by atoms with van der Waals surface area (Å²) in [5.41, 5.74) is -0.334. The molecule has 4 atom stereocenters. The van der Waals surface area contributed by atoms with Gasteiger partial charge in [0.05, 0.1) is 6.10 Å². The van der Waals surface area contributed by atoms with Crippen LogP contribution in [0.25, 0.3) is 0 Å². The molecule has 3 heteroatoms. The number of carbonyl (C=O) groups excluding carboxylic acids is 1. The first-order chi connectivity index (χ1) is 6.32. The minimum absolute atomic E-state index is 0.0764. The molecule has 0 aromatic heterocycles. The van der Waals surface area contributed by atoms with Gasteiger partial charge in [-0.1, -0.05) is 20.8 Å². The third kappa shape index (κ3) is 0.842. The molecule has 0 saturated heterocycles. The molecule has 0 heterocycles. The van der Waals surface area contributed by atoms with E-state index in [4.69, 9.17) is 0 Å². The molecular weight excluding hydrogens is 180 g/mol. The minimum atomic E-state index is -1.08. The zero-order valence-corrected chi connectivity index (χ0v) is 8.91. The molecule has 0 aromatic carbocycles. The van der Waals surface area contributed by atoms with E-state index >= 15 is 0 Å². The lowest BCUT2D eigenvalue weighted by molar-refractivity contribution is -0.316. The minimum Gasteiger partial charge on any atom is -0.550 e. The Kier molecular flexibility index (Phi) is 1.79. The standard InChI is InChI=1S/C11H18O3/c1-10(2)6-4-5-11(10,3)8(12)7(6)9(13)14/h6-8,12H,4-5H2,1-3H3,(H,13,14)/p-1/t6-,7-,8-,11+/m1/s1. The molecule has 0 aliphatic heterocycles. The molecule has 2 rings (SSSR count). The predicted octanol–water partition coefficient (Wildman–Crippen LogP) is 0.170. The lowest BCUT2D eigenvalue weighted by atomic mass is 9.70. The Bertz CT molecular complexity index is 284. The molecule has 0 spiro atoms. The van der Waals surface area contributed by atoms with Crippen LogP contribution in [0.4, 0.5) is 0 Å². The fourth-order valence-corrected chi connectivity index (χ4v) is 3.63. The normalized spacial score (nSPS) is 49.6. The lowest BCUT2D eigenvalue weighted by Crippen LogP contribution is -2.44. The predicted molar refractivity (Wildman–Crippen MR) is 49.1 cm³/mol. The smallest absolute Gasteiger partial charge is 0.0682 e. The van der Waals surface area contributed by atoms with Gasteiger partial charge < -0.3 is 15.0 Å². The van der Waals surface area contributed by atoms with Crippen LogP contribution in [0.2, 0.25) is 0 Å². The van der Waals surface area contributed by atoms with Crippen molar-refractivity contribution in [2.24, 2.45) is 22.7 Å². The third-order valence-corrected chi connectivity index (χ3v) is 5.07. The molecule has 14 heavy (non-hydrogen) atoms. The SMILES string of the molecule is CC1(C)[C@@H]2CC[C@@]1(C)[C@H](O)[C@@H]2C(=O)[O-]. The van der Waals surface area contributed by atoms with Crippen molar-refractivity contribution in [1.82, 2.24) is 0 Å². The highest BCUT2D eigenvalue weighted by molar-refractivity contribution is 5.70. The largest absolute Gasteiger partial charge is 0.550 e. The first-order valence-corrected chi connectivity index (χ1v) is 5.21. The molecule has 0 radical (unpaired) electrons. The van der Waals surface area contributed by atoms with E-state index in [0.717, 1.165) is 12.8 Å². The molecular formula is C11H17O3-. The third-order valence-electron chi connectivity index (χ3n) is 5.07. The summed E-state index contributed by atoms with van der Waals surface area (Å²) in [5.74, 6) is -1.67. The van der Waals surface area contributed by atoms with Crippen molar-refractivity contribution < 1.29 is 15.0 Å². The number of hydrogen-bond acceptors (Lipinski definition) is 3. The summed E-state index contributed by atoms with van der Waals surface area (Å²) >= 11 is 0. The van der Waals surface area contributed by atoms with Crippen LogP contribution in [0.15, 0.2) is 0 Å². The van der Waals surface area contributed by atoms with E-state index < -0.39 is 18.0 Å². The molecule has 0 aromatic rings. The first-order valence-electron chi connectivity index (χ1n) is 5.21. The first kappa shape index (κ1) is 9.97. The Morgan fingerprint density at radius 2 is 2.00 bits per heavy atom. The number of carbonyl (C=O) groups is 1. The van der Waals surface area contributed by atoms with Gasteiger partial charge in [0, 0.05) is 11.9 Å². The van der Waals surface area contributed by atoms with Crippen LogP contribution in [0.3, 0.4) is 0 Å². The summed E-state index contributed by atoms with van der Waals surface area (Å²) in [6.07, 6.45) is 1.09. The van der Waals surface area contributed by atoms with Crippen molar-refractivity contribution in [3.63, 3.8) is 0 Å². The van der Waals surface area contributed by atoms with Crippen molar-refractivity contribution >= 4 is 5.97 Å². The Balaban J connectivity index is 2.44. The van der Waals surface area contributed by atoms with Gasteiger partial charge in [0.15, 0.2) is 0 Å². The summed E-state index contributed by atoms with van der Waals surface area (Å²) in [5, 5.41) is 21.0. The molecule has 3 nitrogen and oxygen atoms in total. The van der Waals surface area contributed by atoms with Crippen molar-refractivity contribution in [1.29, 1.82) is 0 Å². The van der Waals surface area contributed by atoms with E-state index in [1.807, 2.05) is 6.92 Å². The molecule has 0 unspecified atom stereocenters. The average molecular weight is 197 g/mol. The Hall–Kier alpha value is -0.570. The van der Waals surface area contributed by atoms with E-state index in [0.29, 0.717) is 0 Å². The van der Waals surface area contributed by atoms with Crippen LogP contribution in [-0.2, 0) is 4.79 Å². The zero-order valence-electron chi connectivity index (χ0n) is 8.91. The Labute approximate surface area is 84.1 Å². The Morgan fingerprint density at radius 1 is 1.43 bits per heavy atom. The topological polar surface area (TPSA) is 60.4 Å². The summed E-state index contributed by atoms with van der Waals surface area (Å²) in [6, 6.07) is 0. The van der Waals surface area contributed by atoms with E-state index in [1.54, 1.807) is 0 Å². The second-order valence-corrected chi connectivity index (χ2v) is 5.57. The van der Waals surface area contributed by atoms with Gasteiger partial charge in [0.2, 0.25) is 0 Å². The summed E-state index contributed by atoms with van der Waals surface area (Å²) < 4.78 is 0. The average Bonchev–Trinajstić information content (AvgIpc) is 2.35. The number of carboxylic acid groups (broad SMARTS) is 1. The summed E-state index contributed by atoms with van der Waals surface area (Å²) in [7, 11) is 0. The maximum absolute atomic E-state index is 11.0. The van der Waals surface area contributed by atoms with Crippen LogP contribution >= 0.6 is 0 Å². The van der Waals surface area contributed by atoms with Crippen molar-refractivity contribution in [2.45, 2.75) is 39.7 Å². The van der Waals surface area contributed by atoms with E-state index in [1.165, 1.54) is 0 Å². The van der Waals surface area contributed by atoms with Gasteiger partial charge in [-0.15, -0.1) is 0 Å². The fourth-order valence-electron chi connectivity index (χ4n) is 3.63. The van der Waals surface area contributed by atoms with E-state index in [9.17, 15) is 15.0 Å². The highest BCUT2D eigenvalue weighted by Gasteiger charge is 2.66. The van der Waals surface area contributed by atoms with Gasteiger partial charge >= 0.3 is 0 Å². The maximum atomic E-state index is 11.0. The van der Waals surface area contributed by atoms with Crippen LogP contribution < -0.4 is 5.11 Å². The summed E-state index contributed by atoms with van der Waals surface area (Å²) in [4.78, 5) is 11.0. The van der Waals surface area contributed by atoms with E-state index in [-0.39, 0.29) is 16.7 Å². The molecule has 2 aliphatic rings. The van der Waals surface area contributed by atoms with Gasteiger partial charge in [-0.05, 0) is 29.6 Å².